The number of aliphatic hydroxyl groups is 1. The molecular formula is C7H15NO. The maximum absolute atomic E-state index is 8.42. The molecule has 0 unspecified atom stereocenters. The van der Waals surface area contributed by atoms with Gasteiger partial charge < -0.3 is 10.4 Å². The van der Waals surface area contributed by atoms with Gasteiger partial charge in [0.15, 0.2) is 0 Å². The van der Waals surface area contributed by atoms with Gasteiger partial charge in [0.05, 0.1) is 6.61 Å². The summed E-state index contributed by atoms with van der Waals surface area (Å²) < 4.78 is 0. The Morgan fingerprint density at radius 1 is 1.56 bits per heavy atom. The number of nitrogens with one attached hydrogen (secondary N) is 1. The minimum Gasteiger partial charge on any atom is -0.395 e. The summed E-state index contributed by atoms with van der Waals surface area (Å²) in [6, 6.07) is 0. The molecule has 2 N–H and O–H groups in total. The third-order valence-electron chi connectivity index (χ3n) is 1.94. The van der Waals surface area contributed by atoms with Crippen molar-refractivity contribution < 1.29 is 5.11 Å². The highest BCUT2D eigenvalue weighted by atomic mass is 16.3. The number of rotatable bonds is 4. The first kappa shape index (κ1) is 7.03. The van der Waals surface area contributed by atoms with Crippen molar-refractivity contribution in [3.05, 3.63) is 0 Å². The molecule has 0 aromatic heterocycles. The molecule has 1 aliphatic rings. The number of aliphatic hydroxyl groups excluding tert-OH is 1. The van der Waals surface area contributed by atoms with Crippen LogP contribution < -0.4 is 5.32 Å². The average Bonchev–Trinajstić information content (AvgIpc) is 2.50. The van der Waals surface area contributed by atoms with E-state index in [9.17, 15) is 0 Å². The fourth-order valence-corrected chi connectivity index (χ4v) is 0.859. The van der Waals surface area contributed by atoms with Gasteiger partial charge in [-0.1, -0.05) is 6.92 Å². The zero-order valence-corrected chi connectivity index (χ0v) is 5.98. The van der Waals surface area contributed by atoms with E-state index in [0.717, 1.165) is 13.1 Å². The highest BCUT2D eigenvalue weighted by molar-refractivity contribution is 4.90. The summed E-state index contributed by atoms with van der Waals surface area (Å²) in [7, 11) is 0. The van der Waals surface area contributed by atoms with E-state index in [1.54, 1.807) is 0 Å². The lowest BCUT2D eigenvalue weighted by Crippen LogP contribution is -2.24. The Hall–Kier alpha value is -0.0800. The Kier molecular flexibility index (Phi) is 2.09. The monoisotopic (exact) mass is 129 g/mol. The van der Waals surface area contributed by atoms with Gasteiger partial charge in [-0.15, -0.1) is 0 Å². The lowest BCUT2D eigenvalue weighted by Gasteiger charge is -2.07. The highest BCUT2D eigenvalue weighted by Crippen LogP contribution is 2.43. The third kappa shape index (κ3) is 2.33. The van der Waals surface area contributed by atoms with E-state index in [4.69, 9.17) is 5.11 Å². The first-order chi connectivity index (χ1) is 4.27. The molecule has 2 nitrogen and oxygen atoms in total. The lowest BCUT2D eigenvalue weighted by molar-refractivity contribution is 0.287. The fourth-order valence-electron chi connectivity index (χ4n) is 0.859. The largest absolute Gasteiger partial charge is 0.395 e. The summed E-state index contributed by atoms with van der Waals surface area (Å²) >= 11 is 0. The molecule has 0 amide bonds. The predicted molar refractivity (Wildman–Crippen MR) is 37.3 cm³/mol. The number of hydrogen-bond acceptors (Lipinski definition) is 2. The molecule has 1 saturated carbocycles. The van der Waals surface area contributed by atoms with Crippen molar-refractivity contribution in [3.8, 4) is 0 Å². The highest BCUT2D eigenvalue weighted by Gasteiger charge is 2.36. The van der Waals surface area contributed by atoms with Crippen molar-refractivity contribution in [3.63, 3.8) is 0 Å². The Balaban J connectivity index is 1.92. The van der Waals surface area contributed by atoms with E-state index < -0.39 is 0 Å². The Labute approximate surface area is 56.3 Å². The van der Waals surface area contributed by atoms with Crippen molar-refractivity contribution >= 4 is 0 Å². The predicted octanol–water partition coefficient (Wildman–Crippen LogP) is 0.368. The SMILES string of the molecule is CC1(CNCCO)CC1. The van der Waals surface area contributed by atoms with Crippen LogP contribution in [0.25, 0.3) is 0 Å². The van der Waals surface area contributed by atoms with Crippen LogP contribution in [0.5, 0.6) is 0 Å². The van der Waals surface area contributed by atoms with E-state index in [1.165, 1.54) is 12.8 Å². The normalized spacial score (nSPS) is 22.0. The van der Waals surface area contributed by atoms with E-state index in [1.807, 2.05) is 0 Å². The van der Waals surface area contributed by atoms with Crippen molar-refractivity contribution in [2.45, 2.75) is 19.8 Å². The molecule has 1 fully saturated rings. The fraction of sp³-hybridized carbons (Fsp3) is 1.00. The number of hydrogen-bond donors (Lipinski definition) is 2. The van der Waals surface area contributed by atoms with Gasteiger partial charge >= 0.3 is 0 Å². The van der Waals surface area contributed by atoms with Gasteiger partial charge in [-0.3, -0.25) is 0 Å². The summed E-state index contributed by atoms with van der Waals surface area (Å²) in [5.41, 5.74) is 0.579. The van der Waals surface area contributed by atoms with Crippen LogP contribution in [0.15, 0.2) is 0 Å². The molecular weight excluding hydrogens is 114 g/mol. The molecule has 2 heteroatoms. The second kappa shape index (κ2) is 2.67. The van der Waals surface area contributed by atoms with Crippen LogP contribution >= 0.6 is 0 Å². The standard InChI is InChI=1S/C7H15NO/c1-7(2-3-7)6-8-4-5-9/h8-9H,2-6H2,1H3. The maximum atomic E-state index is 8.42. The van der Waals surface area contributed by atoms with Gasteiger partial charge in [0.2, 0.25) is 0 Å². The summed E-state index contributed by atoms with van der Waals surface area (Å²) in [4.78, 5) is 0. The summed E-state index contributed by atoms with van der Waals surface area (Å²) in [5, 5.41) is 11.6. The van der Waals surface area contributed by atoms with Gasteiger partial charge in [-0.25, -0.2) is 0 Å². The van der Waals surface area contributed by atoms with E-state index >= 15 is 0 Å². The van der Waals surface area contributed by atoms with Crippen molar-refractivity contribution in [2.24, 2.45) is 5.41 Å². The van der Waals surface area contributed by atoms with Crippen LogP contribution in [-0.4, -0.2) is 24.8 Å². The molecule has 1 aliphatic carbocycles. The average molecular weight is 129 g/mol. The molecule has 0 radical (unpaired) electrons. The Morgan fingerprint density at radius 2 is 2.22 bits per heavy atom. The van der Waals surface area contributed by atoms with Crippen LogP contribution in [0, 0.1) is 5.41 Å². The van der Waals surface area contributed by atoms with Gasteiger partial charge in [0.1, 0.15) is 0 Å². The summed E-state index contributed by atoms with van der Waals surface area (Å²) in [6.45, 7) is 4.36. The molecule has 0 heterocycles. The zero-order valence-electron chi connectivity index (χ0n) is 5.98. The van der Waals surface area contributed by atoms with E-state index in [0.29, 0.717) is 5.41 Å². The minimum atomic E-state index is 0.260. The van der Waals surface area contributed by atoms with Gasteiger partial charge in [-0.2, -0.15) is 0 Å². The molecule has 0 aromatic carbocycles. The third-order valence-corrected chi connectivity index (χ3v) is 1.94. The molecule has 0 aromatic rings. The van der Waals surface area contributed by atoms with Crippen molar-refractivity contribution in [2.75, 3.05) is 19.7 Å². The van der Waals surface area contributed by atoms with Crippen LogP contribution in [-0.2, 0) is 0 Å². The first-order valence-electron chi connectivity index (χ1n) is 3.58. The molecule has 54 valence electrons. The molecule has 1 rings (SSSR count). The van der Waals surface area contributed by atoms with Crippen LogP contribution in [0.2, 0.25) is 0 Å². The molecule has 0 aliphatic heterocycles. The minimum absolute atomic E-state index is 0.260. The molecule has 0 bridgehead atoms. The molecule has 0 saturated heterocycles. The lowest BCUT2D eigenvalue weighted by atomic mass is 10.1. The Bertz CT molecular complexity index is 88.9. The zero-order chi connectivity index (χ0) is 6.74. The Morgan fingerprint density at radius 3 is 2.67 bits per heavy atom. The van der Waals surface area contributed by atoms with Gasteiger partial charge in [0.25, 0.3) is 0 Å². The van der Waals surface area contributed by atoms with Crippen LogP contribution in [0.1, 0.15) is 19.8 Å². The van der Waals surface area contributed by atoms with Gasteiger partial charge in [-0.05, 0) is 18.3 Å². The summed E-state index contributed by atoms with van der Waals surface area (Å²) in [5.74, 6) is 0. The maximum Gasteiger partial charge on any atom is 0.0555 e. The van der Waals surface area contributed by atoms with E-state index in [-0.39, 0.29) is 6.61 Å². The van der Waals surface area contributed by atoms with Crippen molar-refractivity contribution in [1.29, 1.82) is 0 Å². The van der Waals surface area contributed by atoms with E-state index in [2.05, 4.69) is 12.2 Å². The van der Waals surface area contributed by atoms with Crippen LogP contribution in [0.3, 0.4) is 0 Å². The summed E-state index contributed by atoms with van der Waals surface area (Å²) in [6.07, 6.45) is 2.71. The second-order valence-electron chi connectivity index (χ2n) is 3.21. The van der Waals surface area contributed by atoms with Crippen molar-refractivity contribution in [1.82, 2.24) is 5.32 Å². The molecule has 0 spiro atoms. The topological polar surface area (TPSA) is 32.3 Å². The molecule has 9 heavy (non-hydrogen) atoms. The van der Waals surface area contributed by atoms with Crippen LogP contribution in [0.4, 0.5) is 0 Å². The second-order valence-corrected chi connectivity index (χ2v) is 3.21. The smallest absolute Gasteiger partial charge is 0.0555 e. The molecule has 0 atom stereocenters. The quantitative estimate of drug-likeness (QED) is 0.537. The van der Waals surface area contributed by atoms with Gasteiger partial charge in [0, 0.05) is 13.1 Å². The first-order valence-corrected chi connectivity index (χ1v) is 3.58.